The van der Waals surface area contributed by atoms with Gasteiger partial charge in [-0.25, -0.2) is 0 Å². The molecule has 4 heteroatoms. The number of nitrogens with zero attached hydrogens (tertiary/aromatic N) is 2. The molecule has 0 aromatic heterocycles. The van der Waals surface area contributed by atoms with Gasteiger partial charge < -0.3 is 10.2 Å². The van der Waals surface area contributed by atoms with Crippen molar-refractivity contribution in [2.24, 2.45) is 11.8 Å². The van der Waals surface area contributed by atoms with Gasteiger partial charge >= 0.3 is 0 Å². The molecule has 1 aliphatic carbocycles. The zero-order valence-corrected chi connectivity index (χ0v) is 13.7. The second kappa shape index (κ2) is 8.54. The minimum absolute atomic E-state index is 0.135. The Morgan fingerprint density at radius 2 is 1.90 bits per heavy atom. The minimum Gasteiger partial charge on any atom is -0.358 e. The van der Waals surface area contributed by atoms with Crippen LogP contribution in [0.1, 0.15) is 32.1 Å². The van der Waals surface area contributed by atoms with Gasteiger partial charge in [-0.05, 0) is 64.1 Å². The standard InChI is InChI=1S/C17H31N3O/c1-18-17(21)14-20-10-8-16(9-11-20)13-19(2)12-15-6-4-3-5-7-15/h3-4,15-16H,5-14H2,1-2H3,(H,18,21). The summed E-state index contributed by atoms with van der Waals surface area (Å²) in [6.45, 7) is 5.15. The van der Waals surface area contributed by atoms with Gasteiger partial charge in [-0.15, -0.1) is 0 Å². The van der Waals surface area contributed by atoms with E-state index in [2.05, 4.69) is 34.3 Å². The zero-order chi connectivity index (χ0) is 15.1. The van der Waals surface area contributed by atoms with E-state index in [1.54, 1.807) is 7.05 Å². The van der Waals surface area contributed by atoms with Crippen molar-refractivity contribution in [2.75, 3.05) is 46.8 Å². The molecule has 0 aromatic carbocycles. The molecule has 1 aliphatic heterocycles. The number of nitrogens with one attached hydrogen (secondary N) is 1. The molecule has 1 saturated heterocycles. The fraction of sp³-hybridized carbons (Fsp3) is 0.824. The van der Waals surface area contributed by atoms with Gasteiger partial charge in [0.25, 0.3) is 0 Å². The first-order valence-electron chi connectivity index (χ1n) is 8.44. The lowest BCUT2D eigenvalue weighted by Gasteiger charge is -2.34. The Kier molecular flexibility index (Phi) is 6.71. The number of likely N-dealkylation sites (N-methyl/N-ethyl adjacent to an activating group) is 1. The molecule has 1 heterocycles. The first kappa shape index (κ1) is 16.5. The number of hydrogen-bond acceptors (Lipinski definition) is 3. The maximum atomic E-state index is 11.4. The zero-order valence-electron chi connectivity index (χ0n) is 13.7. The summed E-state index contributed by atoms with van der Waals surface area (Å²) in [5.74, 6) is 1.79. The molecule has 21 heavy (non-hydrogen) atoms. The van der Waals surface area contributed by atoms with Crippen molar-refractivity contribution in [3.05, 3.63) is 12.2 Å². The first-order chi connectivity index (χ1) is 10.2. The van der Waals surface area contributed by atoms with Crippen LogP contribution in [0.25, 0.3) is 0 Å². The van der Waals surface area contributed by atoms with Crippen molar-refractivity contribution < 1.29 is 4.79 Å². The average molecular weight is 293 g/mol. The molecular formula is C17H31N3O. The molecule has 0 bridgehead atoms. The van der Waals surface area contributed by atoms with E-state index in [1.165, 1.54) is 45.2 Å². The molecule has 1 atom stereocenters. The number of piperidine rings is 1. The van der Waals surface area contributed by atoms with Gasteiger partial charge in [0.1, 0.15) is 0 Å². The van der Waals surface area contributed by atoms with E-state index in [-0.39, 0.29) is 5.91 Å². The molecule has 120 valence electrons. The Morgan fingerprint density at radius 3 is 2.52 bits per heavy atom. The number of carbonyl (C=O) groups excluding carboxylic acids is 1. The van der Waals surface area contributed by atoms with Crippen LogP contribution in [0, 0.1) is 11.8 Å². The van der Waals surface area contributed by atoms with E-state index in [9.17, 15) is 4.79 Å². The van der Waals surface area contributed by atoms with Crippen LogP contribution in [0.15, 0.2) is 12.2 Å². The summed E-state index contributed by atoms with van der Waals surface area (Å²) in [6, 6.07) is 0. The lowest BCUT2D eigenvalue weighted by atomic mass is 9.92. The normalized spacial score (nSPS) is 24.4. The highest BCUT2D eigenvalue weighted by Crippen LogP contribution is 2.21. The Morgan fingerprint density at radius 1 is 1.19 bits per heavy atom. The highest BCUT2D eigenvalue weighted by atomic mass is 16.1. The van der Waals surface area contributed by atoms with Crippen molar-refractivity contribution in [3.63, 3.8) is 0 Å². The molecule has 0 spiro atoms. The monoisotopic (exact) mass is 293 g/mol. The Labute approximate surface area is 129 Å². The van der Waals surface area contributed by atoms with E-state index in [4.69, 9.17) is 0 Å². The number of hydrogen-bond donors (Lipinski definition) is 1. The molecule has 0 aromatic rings. The van der Waals surface area contributed by atoms with Crippen LogP contribution in [0.2, 0.25) is 0 Å². The third-order valence-electron chi connectivity index (χ3n) is 4.87. The molecule has 1 unspecified atom stereocenters. The summed E-state index contributed by atoms with van der Waals surface area (Å²) >= 11 is 0. The molecule has 1 fully saturated rings. The summed E-state index contributed by atoms with van der Waals surface area (Å²) in [6.07, 6.45) is 11.0. The van der Waals surface area contributed by atoms with Crippen LogP contribution in [-0.2, 0) is 4.79 Å². The van der Waals surface area contributed by atoms with Gasteiger partial charge in [0.2, 0.25) is 5.91 Å². The predicted molar refractivity (Wildman–Crippen MR) is 87.2 cm³/mol. The second-order valence-corrected chi connectivity index (χ2v) is 6.76. The van der Waals surface area contributed by atoms with Gasteiger partial charge in [-0.2, -0.15) is 0 Å². The molecular weight excluding hydrogens is 262 g/mol. The summed E-state index contributed by atoms with van der Waals surface area (Å²) < 4.78 is 0. The maximum absolute atomic E-state index is 11.4. The van der Waals surface area contributed by atoms with Crippen LogP contribution < -0.4 is 5.32 Å². The lowest BCUT2D eigenvalue weighted by Crippen LogP contribution is -2.42. The second-order valence-electron chi connectivity index (χ2n) is 6.76. The fourth-order valence-corrected chi connectivity index (χ4v) is 3.59. The number of likely N-dealkylation sites (tertiary alicyclic amines) is 1. The maximum Gasteiger partial charge on any atom is 0.233 e. The summed E-state index contributed by atoms with van der Waals surface area (Å²) in [7, 11) is 3.99. The predicted octanol–water partition coefficient (Wildman–Crippen LogP) is 1.73. The molecule has 1 amide bonds. The van der Waals surface area contributed by atoms with Crippen LogP contribution in [0.5, 0.6) is 0 Å². The summed E-state index contributed by atoms with van der Waals surface area (Å²) in [5.41, 5.74) is 0. The highest BCUT2D eigenvalue weighted by Gasteiger charge is 2.22. The highest BCUT2D eigenvalue weighted by molar-refractivity contribution is 5.77. The topological polar surface area (TPSA) is 35.6 Å². The molecule has 0 saturated carbocycles. The van der Waals surface area contributed by atoms with Crippen molar-refractivity contribution in [2.45, 2.75) is 32.1 Å². The lowest BCUT2D eigenvalue weighted by molar-refractivity contribution is -0.122. The van der Waals surface area contributed by atoms with Crippen molar-refractivity contribution >= 4 is 5.91 Å². The molecule has 4 nitrogen and oxygen atoms in total. The van der Waals surface area contributed by atoms with Gasteiger partial charge in [0.15, 0.2) is 0 Å². The van der Waals surface area contributed by atoms with Crippen LogP contribution in [0.3, 0.4) is 0 Å². The molecule has 2 aliphatic rings. The Bertz CT molecular complexity index is 348. The van der Waals surface area contributed by atoms with E-state index < -0.39 is 0 Å². The van der Waals surface area contributed by atoms with E-state index >= 15 is 0 Å². The van der Waals surface area contributed by atoms with Crippen LogP contribution in [-0.4, -0.2) is 62.5 Å². The molecule has 1 N–H and O–H groups in total. The van der Waals surface area contributed by atoms with Gasteiger partial charge in [-0.3, -0.25) is 9.69 Å². The van der Waals surface area contributed by atoms with Gasteiger partial charge in [0.05, 0.1) is 6.54 Å². The van der Waals surface area contributed by atoms with Crippen LogP contribution >= 0.6 is 0 Å². The molecule has 0 radical (unpaired) electrons. The van der Waals surface area contributed by atoms with Crippen LogP contribution in [0.4, 0.5) is 0 Å². The van der Waals surface area contributed by atoms with Crippen molar-refractivity contribution in [3.8, 4) is 0 Å². The number of carbonyl (C=O) groups is 1. The first-order valence-corrected chi connectivity index (χ1v) is 8.44. The van der Waals surface area contributed by atoms with Crippen molar-refractivity contribution in [1.29, 1.82) is 0 Å². The molecule has 2 rings (SSSR count). The van der Waals surface area contributed by atoms with E-state index in [1.807, 2.05) is 0 Å². The largest absolute Gasteiger partial charge is 0.358 e. The minimum atomic E-state index is 0.135. The quantitative estimate of drug-likeness (QED) is 0.758. The SMILES string of the molecule is CNC(=O)CN1CCC(CN(C)CC2CC=CCC2)CC1. The fourth-order valence-electron chi connectivity index (χ4n) is 3.59. The third kappa shape index (κ3) is 5.79. The average Bonchev–Trinajstić information content (AvgIpc) is 2.50. The number of rotatable bonds is 6. The summed E-state index contributed by atoms with van der Waals surface area (Å²) in [4.78, 5) is 16.2. The van der Waals surface area contributed by atoms with Gasteiger partial charge in [-0.1, -0.05) is 12.2 Å². The Balaban J connectivity index is 1.63. The smallest absolute Gasteiger partial charge is 0.233 e. The van der Waals surface area contributed by atoms with Crippen molar-refractivity contribution in [1.82, 2.24) is 15.1 Å². The van der Waals surface area contributed by atoms with E-state index in [0.29, 0.717) is 6.54 Å². The third-order valence-corrected chi connectivity index (χ3v) is 4.87. The number of amides is 1. The number of allylic oxidation sites excluding steroid dienone is 2. The Hall–Kier alpha value is -0.870. The summed E-state index contributed by atoms with van der Waals surface area (Å²) in [5, 5.41) is 2.71. The van der Waals surface area contributed by atoms with Gasteiger partial charge in [0, 0.05) is 20.1 Å². The van der Waals surface area contributed by atoms with E-state index in [0.717, 1.165) is 24.9 Å².